The molecule has 1 aromatic heterocycles. The van der Waals surface area contributed by atoms with Crippen LogP contribution in [0.5, 0.6) is 5.95 Å². The smallest absolute Gasteiger partial charge is 0.259 e. The van der Waals surface area contributed by atoms with Crippen molar-refractivity contribution in [3.05, 3.63) is 71.9 Å². The van der Waals surface area contributed by atoms with E-state index in [1.165, 1.54) is 0 Å². The molecule has 0 saturated heterocycles. The van der Waals surface area contributed by atoms with Gasteiger partial charge in [0.1, 0.15) is 6.54 Å². The molecule has 1 heterocycles. The second-order valence-corrected chi connectivity index (χ2v) is 7.01. The highest BCUT2D eigenvalue weighted by molar-refractivity contribution is 7.80. The van der Waals surface area contributed by atoms with Crippen LogP contribution in [0.2, 0.25) is 0 Å². The molecule has 0 aliphatic heterocycles. The normalized spacial score (nSPS) is 13.3. The lowest BCUT2D eigenvalue weighted by atomic mass is 10.2. The maximum atomic E-state index is 12.3. The van der Waals surface area contributed by atoms with E-state index in [4.69, 9.17) is 16.7 Å². The van der Waals surface area contributed by atoms with Crippen molar-refractivity contribution in [3.63, 3.8) is 0 Å². The van der Waals surface area contributed by atoms with E-state index in [0.29, 0.717) is 29.9 Å². The number of thiocarbonyl (C=S) groups is 1. The highest BCUT2D eigenvalue weighted by Crippen LogP contribution is 2.21. The van der Waals surface area contributed by atoms with Crippen molar-refractivity contribution in [3.8, 4) is 11.6 Å². The first kappa shape index (κ1) is 17.5. The Balaban J connectivity index is 1.61. The van der Waals surface area contributed by atoms with Gasteiger partial charge >= 0.3 is 0 Å². The quantitative estimate of drug-likeness (QED) is 0.522. The molecule has 1 aliphatic carbocycles. The Kier molecular flexibility index (Phi) is 5.02. The van der Waals surface area contributed by atoms with E-state index in [0.717, 1.165) is 24.1 Å². The van der Waals surface area contributed by atoms with Crippen LogP contribution < -0.4 is 15.1 Å². The van der Waals surface area contributed by atoms with Crippen LogP contribution in [0.15, 0.2) is 65.2 Å². The van der Waals surface area contributed by atoms with Crippen LogP contribution >= 0.6 is 12.2 Å². The van der Waals surface area contributed by atoms with Crippen molar-refractivity contribution in [2.75, 3.05) is 0 Å². The van der Waals surface area contributed by atoms with Crippen molar-refractivity contribution in [1.29, 1.82) is 0 Å². The van der Waals surface area contributed by atoms with Crippen LogP contribution in [-0.4, -0.2) is 21.3 Å². The van der Waals surface area contributed by atoms with E-state index in [1.807, 2.05) is 65.6 Å². The van der Waals surface area contributed by atoms with Crippen molar-refractivity contribution in [2.45, 2.75) is 32.0 Å². The monoisotopic (exact) mass is 380 g/mol. The molecule has 0 bridgehead atoms. The first-order chi connectivity index (χ1) is 13.2. The lowest BCUT2D eigenvalue weighted by Crippen LogP contribution is -2.44. The molecule has 0 atom stereocenters. The molecule has 0 spiro atoms. The van der Waals surface area contributed by atoms with E-state index in [2.05, 4.69) is 10.6 Å². The molecule has 1 aliphatic rings. The lowest BCUT2D eigenvalue weighted by Gasteiger charge is -2.24. The standard InChI is InChI=1S/C20H20N4O2S/c25-19-18(24(22-26-19)17-9-5-2-6-10-17)14-23(20(27)21-16-11-12-16)13-15-7-3-1-4-8-15/h1-10,16H,11-14H2,(H-,21,22,25,27). The third-order valence-corrected chi connectivity index (χ3v) is 4.82. The molecule has 6 nitrogen and oxygen atoms in total. The number of para-hydroxylation sites is 1. The fourth-order valence-corrected chi connectivity index (χ4v) is 3.14. The summed E-state index contributed by atoms with van der Waals surface area (Å²) in [6.07, 6.45) is 2.26. The Bertz CT molecular complexity index is 910. The van der Waals surface area contributed by atoms with Gasteiger partial charge in [0.2, 0.25) is 5.69 Å². The molecule has 4 rings (SSSR count). The molecule has 2 aromatic carbocycles. The second kappa shape index (κ2) is 7.75. The zero-order valence-corrected chi connectivity index (χ0v) is 15.6. The first-order valence-corrected chi connectivity index (χ1v) is 9.34. The summed E-state index contributed by atoms with van der Waals surface area (Å²) in [5.74, 6) is -0.453. The van der Waals surface area contributed by atoms with Gasteiger partial charge in [-0.25, -0.2) is 0 Å². The molecule has 3 aromatic rings. The predicted octanol–water partition coefficient (Wildman–Crippen LogP) is 2.06. The first-order valence-electron chi connectivity index (χ1n) is 8.93. The molecule has 1 N–H and O–H groups in total. The molecule has 7 heteroatoms. The molecule has 0 radical (unpaired) electrons. The summed E-state index contributed by atoms with van der Waals surface area (Å²) in [5, 5.41) is 20.2. The minimum Gasteiger partial charge on any atom is -0.539 e. The van der Waals surface area contributed by atoms with Gasteiger partial charge in [0, 0.05) is 24.7 Å². The number of hydrogen-bond donors (Lipinski definition) is 1. The molecule has 0 unspecified atom stereocenters. The SMILES string of the molecule is [O-]c1on[n+](-c2ccccc2)c1CN(Cc1ccccc1)C(=S)NC1CC1. The molecule has 0 amide bonds. The highest BCUT2D eigenvalue weighted by atomic mass is 32.1. The molecule has 138 valence electrons. The number of nitrogens with one attached hydrogen (secondary N) is 1. The number of benzene rings is 2. The van der Waals surface area contributed by atoms with Crippen LogP contribution in [0.25, 0.3) is 5.69 Å². The molecule has 27 heavy (non-hydrogen) atoms. The maximum absolute atomic E-state index is 12.3. The fourth-order valence-electron chi connectivity index (χ4n) is 2.85. The predicted molar refractivity (Wildman–Crippen MR) is 102 cm³/mol. The van der Waals surface area contributed by atoms with Gasteiger partial charge in [-0.1, -0.05) is 48.5 Å². The summed E-state index contributed by atoms with van der Waals surface area (Å²) in [6, 6.07) is 20.0. The topological polar surface area (TPSA) is 68.2 Å². The number of nitrogens with zero attached hydrogens (tertiary/aromatic N) is 3. The fraction of sp³-hybridized carbons (Fsp3) is 0.250. The van der Waals surface area contributed by atoms with E-state index >= 15 is 0 Å². The second-order valence-electron chi connectivity index (χ2n) is 6.62. The van der Waals surface area contributed by atoms with Gasteiger partial charge in [-0.05, 0) is 35.3 Å². The highest BCUT2D eigenvalue weighted by Gasteiger charge is 2.27. The van der Waals surface area contributed by atoms with Crippen LogP contribution in [0.1, 0.15) is 24.1 Å². The van der Waals surface area contributed by atoms with Gasteiger partial charge in [-0.15, -0.1) is 0 Å². The van der Waals surface area contributed by atoms with Crippen LogP contribution in [0, 0.1) is 0 Å². The van der Waals surface area contributed by atoms with E-state index in [9.17, 15) is 5.11 Å². The molecular weight excluding hydrogens is 360 g/mol. The van der Waals surface area contributed by atoms with Crippen molar-refractivity contribution >= 4 is 17.3 Å². The number of aromatic nitrogens is 2. The molecular formula is C20H20N4O2S. The minimum atomic E-state index is -0.453. The average molecular weight is 380 g/mol. The van der Waals surface area contributed by atoms with E-state index < -0.39 is 5.95 Å². The third kappa shape index (κ3) is 4.25. The minimum absolute atomic E-state index is 0.310. The Morgan fingerprint density at radius 2 is 1.78 bits per heavy atom. The summed E-state index contributed by atoms with van der Waals surface area (Å²) < 4.78 is 6.48. The van der Waals surface area contributed by atoms with Crippen LogP contribution in [-0.2, 0) is 13.1 Å². The summed E-state index contributed by atoms with van der Waals surface area (Å²) in [7, 11) is 0. The van der Waals surface area contributed by atoms with Crippen molar-refractivity contribution in [2.24, 2.45) is 0 Å². The number of rotatable bonds is 6. The van der Waals surface area contributed by atoms with Crippen LogP contribution in [0.3, 0.4) is 0 Å². The number of hydrogen-bond acceptors (Lipinski definition) is 4. The van der Waals surface area contributed by atoms with Gasteiger partial charge in [0.15, 0.2) is 11.1 Å². The third-order valence-electron chi connectivity index (χ3n) is 4.45. The zero-order valence-electron chi connectivity index (χ0n) is 14.7. The van der Waals surface area contributed by atoms with Crippen LogP contribution in [0.4, 0.5) is 0 Å². The Hall–Kier alpha value is -2.93. The lowest BCUT2D eigenvalue weighted by molar-refractivity contribution is -0.678. The van der Waals surface area contributed by atoms with Crippen molar-refractivity contribution in [1.82, 2.24) is 15.5 Å². The van der Waals surface area contributed by atoms with E-state index in [1.54, 1.807) is 4.68 Å². The summed E-state index contributed by atoms with van der Waals surface area (Å²) in [4.78, 5) is 1.98. The van der Waals surface area contributed by atoms with Gasteiger partial charge in [0.05, 0.1) is 5.27 Å². The largest absolute Gasteiger partial charge is 0.539 e. The Morgan fingerprint density at radius 3 is 2.44 bits per heavy atom. The molecule has 1 saturated carbocycles. The van der Waals surface area contributed by atoms with Crippen molar-refractivity contribution < 1.29 is 14.3 Å². The van der Waals surface area contributed by atoms with Gasteiger partial charge in [0.25, 0.3) is 5.69 Å². The average Bonchev–Trinajstić information content (AvgIpc) is 3.44. The maximum Gasteiger partial charge on any atom is 0.259 e. The summed E-state index contributed by atoms with van der Waals surface area (Å²) in [5.41, 5.74) is 2.34. The van der Waals surface area contributed by atoms with Gasteiger partial charge in [-0.2, -0.15) is 0 Å². The van der Waals surface area contributed by atoms with Gasteiger partial charge < -0.3 is 19.8 Å². The Labute approximate surface area is 163 Å². The molecule has 1 fully saturated rings. The zero-order chi connectivity index (χ0) is 18.6. The summed E-state index contributed by atoms with van der Waals surface area (Å²) in [6.45, 7) is 0.906. The van der Waals surface area contributed by atoms with E-state index in [-0.39, 0.29) is 0 Å². The van der Waals surface area contributed by atoms with Gasteiger partial charge in [-0.3, -0.25) is 0 Å². The summed E-state index contributed by atoms with van der Waals surface area (Å²) >= 11 is 5.62. The Morgan fingerprint density at radius 1 is 1.11 bits per heavy atom.